The van der Waals surface area contributed by atoms with E-state index < -0.39 is 0 Å². The van der Waals surface area contributed by atoms with E-state index in [0.29, 0.717) is 25.7 Å². The third-order valence-electron chi connectivity index (χ3n) is 3.43. The molecule has 3 atom stereocenters. The average Bonchev–Trinajstić information content (AvgIpc) is 2.75. The molecule has 4 nitrogen and oxygen atoms in total. The van der Waals surface area contributed by atoms with E-state index in [1.807, 2.05) is 0 Å². The summed E-state index contributed by atoms with van der Waals surface area (Å²) in [4.78, 5) is 11.8. The van der Waals surface area contributed by atoms with E-state index in [-0.39, 0.29) is 17.9 Å². The number of hydrogen-bond donors (Lipinski definition) is 1. The Morgan fingerprint density at radius 1 is 1.47 bits per heavy atom. The first-order chi connectivity index (χ1) is 8.19. The Hall–Kier alpha value is -0.610. The summed E-state index contributed by atoms with van der Waals surface area (Å²) in [5.41, 5.74) is 5.77. The number of hydrogen-bond acceptors (Lipinski definition) is 4. The topological polar surface area (TPSA) is 61.5 Å². The molecule has 2 N–H and O–H groups in total. The molecule has 17 heavy (non-hydrogen) atoms. The van der Waals surface area contributed by atoms with Crippen molar-refractivity contribution in [3.63, 3.8) is 0 Å². The molecule has 1 fully saturated rings. The minimum absolute atomic E-state index is 0.190. The number of nitrogens with two attached hydrogens (primary N) is 1. The van der Waals surface area contributed by atoms with Crippen molar-refractivity contribution in [2.75, 3.05) is 19.8 Å². The monoisotopic (exact) mass is 243 g/mol. The average molecular weight is 243 g/mol. The number of rotatable bonds is 7. The smallest absolute Gasteiger partial charge is 0.312 e. The van der Waals surface area contributed by atoms with E-state index in [1.165, 1.54) is 12.8 Å². The van der Waals surface area contributed by atoms with Gasteiger partial charge in [0.25, 0.3) is 0 Å². The van der Waals surface area contributed by atoms with Gasteiger partial charge in [-0.25, -0.2) is 0 Å². The van der Waals surface area contributed by atoms with Gasteiger partial charge in [-0.3, -0.25) is 4.79 Å². The van der Waals surface area contributed by atoms with Crippen molar-refractivity contribution < 1.29 is 14.3 Å². The maximum absolute atomic E-state index is 11.8. The van der Waals surface area contributed by atoms with E-state index in [0.717, 1.165) is 12.8 Å². The van der Waals surface area contributed by atoms with Crippen LogP contribution in [0.4, 0.5) is 0 Å². The lowest BCUT2D eigenvalue weighted by Gasteiger charge is -2.17. The van der Waals surface area contributed by atoms with Crippen LogP contribution in [0.25, 0.3) is 0 Å². The highest BCUT2D eigenvalue weighted by atomic mass is 16.5. The first-order valence-corrected chi connectivity index (χ1v) is 6.69. The zero-order chi connectivity index (χ0) is 12.7. The van der Waals surface area contributed by atoms with Crippen molar-refractivity contribution >= 4 is 5.97 Å². The van der Waals surface area contributed by atoms with Crippen LogP contribution in [0, 0.1) is 11.8 Å². The third-order valence-corrected chi connectivity index (χ3v) is 3.43. The van der Waals surface area contributed by atoms with E-state index in [4.69, 9.17) is 15.2 Å². The number of carbonyl (C=O) groups excluding carboxylic acids is 1. The van der Waals surface area contributed by atoms with Gasteiger partial charge in [-0.05, 0) is 12.3 Å². The minimum Gasteiger partial charge on any atom is -0.465 e. The summed E-state index contributed by atoms with van der Waals surface area (Å²) in [6, 6.07) is -0.196. The molecule has 3 unspecified atom stereocenters. The first kappa shape index (κ1) is 14.5. The Morgan fingerprint density at radius 2 is 2.24 bits per heavy atom. The zero-order valence-corrected chi connectivity index (χ0v) is 11.0. The van der Waals surface area contributed by atoms with Crippen LogP contribution in [-0.4, -0.2) is 31.8 Å². The molecule has 0 aromatic carbocycles. The van der Waals surface area contributed by atoms with Gasteiger partial charge in [0.2, 0.25) is 0 Å². The van der Waals surface area contributed by atoms with Crippen molar-refractivity contribution in [1.29, 1.82) is 0 Å². The Morgan fingerprint density at radius 3 is 2.76 bits per heavy atom. The predicted octanol–water partition coefficient (Wildman–Crippen LogP) is 1.72. The molecule has 0 bridgehead atoms. The molecule has 100 valence electrons. The lowest BCUT2D eigenvalue weighted by Crippen LogP contribution is -2.35. The standard InChI is InChI=1S/C13H25NO3/c1-3-5-6-10(4-2)7-17-13(15)11-8-16-9-12(11)14/h10-12H,3-9,14H2,1-2H3. The van der Waals surface area contributed by atoms with E-state index in [9.17, 15) is 4.79 Å². The van der Waals surface area contributed by atoms with Crippen LogP contribution in [0.5, 0.6) is 0 Å². The van der Waals surface area contributed by atoms with Gasteiger partial charge in [-0.1, -0.05) is 33.1 Å². The van der Waals surface area contributed by atoms with Gasteiger partial charge in [0.05, 0.1) is 25.7 Å². The van der Waals surface area contributed by atoms with Crippen molar-refractivity contribution in [3.05, 3.63) is 0 Å². The lowest BCUT2D eigenvalue weighted by atomic mass is 10.0. The Balaban J connectivity index is 2.25. The Kier molecular flexibility index (Phi) is 6.52. The zero-order valence-electron chi connectivity index (χ0n) is 11.0. The maximum Gasteiger partial charge on any atom is 0.312 e. The van der Waals surface area contributed by atoms with Crippen LogP contribution in [0.3, 0.4) is 0 Å². The summed E-state index contributed by atoms with van der Waals surface area (Å²) in [6.07, 6.45) is 4.57. The normalized spacial score (nSPS) is 25.8. The molecule has 0 aromatic rings. The van der Waals surface area contributed by atoms with Crippen molar-refractivity contribution in [3.8, 4) is 0 Å². The summed E-state index contributed by atoms with van der Waals surface area (Å²) < 4.78 is 10.5. The van der Waals surface area contributed by atoms with Gasteiger partial charge < -0.3 is 15.2 Å². The molecular weight excluding hydrogens is 218 g/mol. The third kappa shape index (κ3) is 4.64. The van der Waals surface area contributed by atoms with E-state index in [1.54, 1.807) is 0 Å². The van der Waals surface area contributed by atoms with Crippen molar-refractivity contribution in [2.45, 2.75) is 45.6 Å². The Labute approximate surface area is 104 Å². The summed E-state index contributed by atoms with van der Waals surface area (Å²) in [7, 11) is 0. The predicted molar refractivity (Wildman–Crippen MR) is 66.5 cm³/mol. The highest BCUT2D eigenvalue weighted by Gasteiger charge is 2.32. The number of unbranched alkanes of at least 4 members (excludes halogenated alkanes) is 1. The van der Waals surface area contributed by atoms with Gasteiger partial charge >= 0.3 is 5.97 Å². The van der Waals surface area contributed by atoms with E-state index >= 15 is 0 Å². The molecule has 0 saturated carbocycles. The summed E-state index contributed by atoms with van der Waals surface area (Å²) in [5.74, 6) is 0.0288. The second kappa shape index (κ2) is 7.67. The van der Waals surface area contributed by atoms with Gasteiger partial charge in [0.1, 0.15) is 0 Å². The summed E-state index contributed by atoms with van der Waals surface area (Å²) in [5, 5.41) is 0. The molecule has 1 saturated heterocycles. The van der Waals surface area contributed by atoms with Crippen LogP contribution < -0.4 is 5.73 Å². The van der Waals surface area contributed by atoms with Crippen LogP contribution in [-0.2, 0) is 14.3 Å². The van der Waals surface area contributed by atoms with Gasteiger partial charge in [0, 0.05) is 6.04 Å². The number of esters is 1. The quantitative estimate of drug-likeness (QED) is 0.692. The molecule has 0 aliphatic carbocycles. The highest BCUT2D eigenvalue weighted by Crippen LogP contribution is 2.17. The Bertz CT molecular complexity index is 233. The molecule has 0 spiro atoms. The molecule has 4 heteroatoms. The highest BCUT2D eigenvalue weighted by molar-refractivity contribution is 5.73. The van der Waals surface area contributed by atoms with E-state index in [2.05, 4.69) is 13.8 Å². The van der Waals surface area contributed by atoms with Crippen LogP contribution in [0.2, 0.25) is 0 Å². The maximum atomic E-state index is 11.8. The van der Waals surface area contributed by atoms with Gasteiger partial charge in [-0.15, -0.1) is 0 Å². The molecular formula is C13H25NO3. The fourth-order valence-corrected chi connectivity index (χ4v) is 2.02. The lowest BCUT2D eigenvalue weighted by molar-refractivity contribution is -0.150. The summed E-state index contributed by atoms with van der Waals surface area (Å²) in [6.45, 7) is 5.71. The summed E-state index contributed by atoms with van der Waals surface area (Å²) >= 11 is 0. The molecule has 1 aliphatic rings. The number of ether oxygens (including phenoxy) is 2. The second-order valence-corrected chi connectivity index (χ2v) is 4.85. The second-order valence-electron chi connectivity index (χ2n) is 4.85. The number of carbonyl (C=O) groups is 1. The fraction of sp³-hybridized carbons (Fsp3) is 0.923. The fourth-order valence-electron chi connectivity index (χ4n) is 2.02. The molecule has 0 amide bonds. The van der Waals surface area contributed by atoms with Gasteiger partial charge in [0.15, 0.2) is 0 Å². The molecule has 0 radical (unpaired) electrons. The SMILES string of the molecule is CCCCC(CC)COC(=O)C1COCC1N. The van der Waals surface area contributed by atoms with Crippen molar-refractivity contribution in [1.82, 2.24) is 0 Å². The largest absolute Gasteiger partial charge is 0.465 e. The molecule has 1 aliphatic heterocycles. The van der Waals surface area contributed by atoms with Crippen LogP contribution in [0.1, 0.15) is 39.5 Å². The molecule has 1 rings (SSSR count). The molecule has 1 heterocycles. The van der Waals surface area contributed by atoms with Crippen molar-refractivity contribution in [2.24, 2.45) is 17.6 Å². The first-order valence-electron chi connectivity index (χ1n) is 6.69. The molecule has 0 aromatic heterocycles. The van der Waals surface area contributed by atoms with Crippen LogP contribution >= 0.6 is 0 Å². The van der Waals surface area contributed by atoms with Gasteiger partial charge in [-0.2, -0.15) is 0 Å². The minimum atomic E-state index is -0.265. The van der Waals surface area contributed by atoms with Crippen LogP contribution in [0.15, 0.2) is 0 Å².